The monoisotopic (exact) mass is 285 g/mol. The average Bonchev–Trinajstić information content (AvgIpc) is 2.64. The first kappa shape index (κ1) is 11.1. The van der Waals surface area contributed by atoms with E-state index in [0.717, 1.165) is 0 Å². The van der Waals surface area contributed by atoms with Crippen molar-refractivity contribution in [3.05, 3.63) is 34.1 Å². The summed E-state index contributed by atoms with van der Waals surface area (Å²) in [6, 6.07) is 3.99. The predicted molar refractivity (Wildman–Crippen MR) is 61.5 cm³/mol. The highest BCUT2D eigenvalue weighted by Gasteiger charge is 2.29. The molecule has 0 aromatic heterocycles. The number of rotatable bonds is 1. The van der Waals surface area contributed by atoms with Crippen molar-refractivity contribution in [1.82, 2.24) is 10.6 Å². The van der Waals surface area contributed by atoms with Crippen LogP contribution in [-0.4, -0.2) is 18.9 Å². The zero-order valence-corrected chi connectivity index (χ0v) is 10.0. The van der Waals surface area contributed by atoms with E-state index in [-0.39, 0.29) is 5.91 Å². The first-order valence-electron chi connectivity index (χ1n) is 4.61. The van der Waals surface area contributed by atoms with Crippen molar-refractivity contribution >= 4 is 27.8 Å². The fraction of sp³-hybridized carbons (Fsp3) is 0.200. The Hall–Kier alpha value is -1.43. The number of benzene rings is 1. The highest BCUT2D eigenvalue weighted by Crippen LogP contribution is 2.22. The second-order valence-electron chi connectivity index (χ2n) is 3.31. The molecule has 1 aliphatic heterocycles. The molecule has 6 heteroatoms. The minimum absolute atomic E-state index is 0.234. The fourth-order valence-electron chi connectivity index (χ4n) is 1.47. The molecule has 16 heavy (non-hydrogen) atoms. The van der Waals surface area contributed by atoms with Crippen LogP contribution in [0.3, 0.4) is 0 Å². The number of hydrogen-bond donors (Lipinski definition) is 2. The normalized spacial score (nSPS) is 22.1. The molecule has 1 unspecified atom stereocenters. The van der Waals surface area contributed by atoms with Gasteiger partial charge in [-0.1, -0.05) is 6.07 Å². The third-order valence-electron chi connectivity index (χ3n) is 2.29. The molecule has 1 atom stereocenters. The van der Waals surface area contributed by atoms with Crippen molar-refractivity contribution in [3.63, 3.8) is 0 Å². The number of carbonyl (C=O) groups excluding carboxylic acids is 1. The summed E-state index contributed by atoms with van der Waals surface area (Å²) in [5, 5.41) is 5.41. The minimum atomic E-state index is -0.582. The molecule has 1 fully saturated rings. The van der Waals surface area contributed by atoms with Crippen LogP contribution in [0.4, 0.5) is 4.39 Å². The van der Waals surface area contributed by atoms with Crippen LogP contribution in [0.2, 0.25) is 0 Å². The van der Waals surface area contributed by atoms with Crippen molar-refractivity contribution in [1.29, 1.82) is 0 Å². The molecule has 4 nitrogen and oxygen atoms in total. The zero-order valence-electron chi connectivity index (χ0n) is 8.42. The fourth-order valence-corrected chi connectivity index (χ4v) is 1.72. The molecule has 1 amide bonds. The Bertz CT molecular complexity index is 475. The van der Waals surface area contributed by atoms with Gasteiger partial charge < -0.3 is 5.32 Å². The summed E-state index contributed by atoms with van der Waals surface area (Å²) >= 11 is 3.06. The molecule has 2 rings (SSSR count). The molecule has 1 saturated heterocycles. The molecular weight excluding hydrogens is 277 g/mol. The van der Waals surface area contributed by atoms with Gasteiger partial charge in [0.2, 0.25) is 0 Å². The summed E-state index contributed by atoms with van der Waals surface area (Å²) in [7, 11) is 1.56. The van der Waals surface area contributed by atoms with E-state index in [2.05, 4.69) is 31.6 Å². The molecule has 2 N–H and O–H groups in total. The summed E-state index contributed by atoms with van der Waals surface area (Å²) in [6.07, 6.45) is 0. The Morgan fingerprint density at radius 1 is 1.50 bits per heavy atom. The summed E-state index contributed by atoms with van der Waals surface area (Å²) in [5.74, 6) is -0.227. The second-order valence-corrected chi connectivity index (χ2v) is 4.17. The first-order chi connectivity index (χ1) is 7.61. The van der Waals surface area contributed by atoms with Gasteiger partial charge in [-0.3, -0.25) is 15.1 Å². The third-order valence-corrected chi connectivity index (χ3v) is 2.93. The molecule has 84 valence electrons. The summed E-state index contributed by atoms with van der Waals surface area (Å²) in [6.45, 7) is 0. The van der Waals surface area contributed by atoms with Crippen molar-refractivity contribution in [2.75, 3.05) is 7.05 Å². The second kappa shape index (κ2) is 4.21. The topological polar surface area (TPSA) is 53.5 Å². The number of carbonyl (C=O) groups is 1. The smallest absolute Gasteiger partial charge is 0.253 e. The van der Waals surface area contributed by atoms with Gasteiger partial charge in [-0.15, -0.1) is 0 Å². The van der Waals surface area contributed by atoms with Crippen LogP contribution in [0.5, 0.6) is 0 Å². The van der Waals surface area contributed by atoms with E-state index in [1.165, 1.54) is 6.07 Å². The summed E-state index contributed by atoms with van der Waals surface area (Å²) < 4.78 is 13.7. The van der Waals surface area contributed by atoms with Crippen LogP contribution in [0.1, 0.15) is 11.6 Å². The van der Waals surface area contributed by atoms with Crippen LogP contribution in [-0.2, 0) is 4.79 Å². The molecular formula is C10H9BrFN3O. The van der Waals surface area contributed by atoms with Crippen molar-refractivity contribution in [2.24, 2.45) is 4.99 Å². The van der Waals surface area contributed by atoms with E-state index < -0.39 is 11.9 Å². The lowest BCUT2D eigenvalue weighted by molar-refractivity contribution is -0.120. The molecule has 1 heterocycles. The van der Waals surface area contributed by atoms with Crippen molar-refractivity contribution < 1.29 is 9.18 Å². The van der Waals surface area contributed by atoms with Gasteiger partial charge in [0.25, 0.3) is 5.91 Å². The molecule has 1 aliphatic rings. The van der Waals surface area contributed by atoms with Crippen LogP contribution < -0.4 is 10.6 Å². The zero-order chi connectivity index (χ0) is 11.7. The van der Waals surface area contributed by atoms with Gasteiger partial charge in [0.1, 0.15) is 11.9 Å². The standard InChI is InChI=1S/C10H9BrFN3O/c1-13-10-14-8(9(16)15-10)5-2-3-6(11)7(12)4-5/h2-4,8H,1H3,(H2,13,14,15,16). The van der Waals surface area contributed by atoms with Gasteiger partial charge in [0, 0.05) is 7.05 Å². The maximum absolute atomic E-state index is 13.3. The number of halogens is 2. The first-order valence-corrected chi connectivity index (χ1v) is 5.40. The molecule has 1 aromatic carbocycles. The van der Waals surface area contributed by atoms with Crippen molar-refractivity contribution in [3.8, 4) is 0 Å². The van der Waals surface area contributed by atoms with Gasteiger partial charge >= 0.3 is 0 Å². The van der Waals surface area contributed by atoms with Gasteiger partial charge in [0.05, 0.1) is 4.47 Å². The largest absolute Gasteiger partial charge is 0.340 e. The Kier molecular flexibility index (Phi) is 2.91. The Morgan fingerprint density at radius 3 is 2.81 bits per heavy atom. The van der Waals surface area contributed by atoms with Crippen LogP contribution in [0.25, 0.3) is 0 Å². The average molecular weight is 286 g/mol. The number of nitrogens with zero attached hydrogens (tertiary/aromatic N) is 1. The number of hydrogen-bond acceptors (Lipinski definition) is 2. The number of aliphatic imine (C=N–C) groups is 1. The highest BCUT2D eigenvalue weighted by atomic mass is 79.9. The van der Waals surface area contributed by atoms with Crippen LogP contribution >= 0.6 is 15.9 Å². The number of nitrogens with one attached hydrogen (secondary N) is 2. The molecule has 0 spiro atoms. The lowest BCUT2D eigenvalue weighted by atomic mass is 10.1. The predicted octanol–water partition coefficient (Wildman–Crippen LogP) is 1.33. The lowest BCUT2D eigenvalue weighted by Gasteiger charge is -2.08. The Morgan fingerprint density at radius 2 is 2.25 bits per heavy atom. The van der Waals surface area contributed by atoms with E-state index >= 15 is 0 Å². The van der Waals surface area contributed by atoms with E-state index in [9.17, 15) is 9.18 Å². The molecule has 0 bridgehead atoms. The van der Waals surface area contributed by atoms with Crippen LogP contribution in [0.15, 0.2) is 27.7 Å². The molecule has 0 saturated carbocycles. The van der Waals surface area contributed by atoms with Crippen molar-refractivity contribution in [2.45, 2.75) is 6.04 Å². The van der Waals surface area contributed by atoms with Crippen LogP contribution in [0, 0.1) is 5.82 Å². The lowest BCUT2D eigenvalue weighted by Crippen LogP contribution is -2.24. The van der Waals surface area contributed by atoms with Gasteiger partial charge in [-0.05, 0) is 33.6 Å². The quantitative estimate of drug-likeness (QED) is 0.818. The van der Waals surface area contributed by atoms with E-state index in [1.807, 2.05) is 0 Å². The van der Waals surface area contributed by atoms with Gasteiger partial charge in [-0.2, -0.15) is 0 Å². The number of guanidine groups is 1. The van der Waals surface area contributed by atoms with E-state index in [1.54, 1.807) is 19.2 Å². The SMILES string of the molecule is CN=C1NC(=O)C(c2ccc(Br)c(F)c2)N1. The third kappa shape index (κ3) is 1.92. The summed E-state index contributed by atoms with van der Waals surface area (Å²) in [4.78, 5) is 15.4. The molecule has 0 radical (unpaired) electrons. The maximum atomic E-state index is 13.3. The highest BCUT2D eigenvalue weighted by molar-refractivity contribution is 9.10. The van der Waals surface area contributed by atoms with Gasteiger partial charge in [0.15, 0.2) is 5.96 Å². The Balaban J connectivity index is 2.31. The molecule has 1 aromatic rings. The van der Waals surface area contributed by atoms with Gasteiger partial charge in [-0.25, -0.2) is 4.39 Å². The minimum Gasteiger partial charge on any atom is -0.340 e. The maximum Gasteiger partial charge on any atom is 0.253 e. The Labute approximate surface area is 100 Å². The van der Waals surface area contributed by atoms with E-state index in [0.29, 0.717) is 16.0 Å². The van der Waals surface area contributed by atoms with E-state index in [4.69, 9.17) is 0 Å². The molecule has 0 aliphatic carbocycles. The summed E-state index contributed by atoms with van der Waals surface area (Å²) in [5.41, 5.74) is 0.567. The number of amides is 1.